The molecule has 0 saturated carbocycles. The summed E-state index contributed by atoms with van der Waals surface area (Å²) in [6.07, 6.45) is 0.540. The standard InChI is InChI=1S/C21H26FN5O2/c1-14-11-15(2)26-19(25-14)7-8-23-20(28)12-18-21(29)24-9-10-27(18)13-16-5-3-4-6-17(16)22/h3-6,11,18H,7-10,12-13H2,1-2H3,(H,23,28)(H,24,29). The van der Waals surface area contributed by atoms with E-state index in [1.807, 2.05) is 24.8 Å². The van der Waals surface area contributed by atoms with E-state index in [-0.39, 0.29) is 30.6 Å². The van der Waals surface area contributed by atoms with Crippen molar-refractivity contribution in [2.24, 2.45) is 0 Å². The fourth-order valence-electron chi connectivity index (χ4n) is 3.49. The van der Waals surface area contributed by atoms with Crippen LogP contribution in [0.3, 0.4) is 0 Å². The van der Waals surface area contributed by atoms with Crippen molar-refractivity contribution in [2.75, 3.05) is 19.6 Å². The van der Waals surface area contributed by atoms with Gasteiger partial charge in [0.05, 0.1) is 12.5 Å². The third-order valence-electron chi connectivity index (χ3n) is 4.85. The van der Waals surface area contributed by atoms with E-state index >= 15 is 0 Å². The van der Waals surface area contributed by atoms with Gasteiger partial charge in [0, 0.05) is 49.6 Å². The summed E-state index contributed by atoms with van der Waals surface area (Å²) < 4.78 is 14.0. The van der Waals surface area contributed by atoms with Crippen molar-refractivity contribution in [3.63, 3.8) is 0 Å². The number of piperazine rings is 1. The maximum atomic E-state index is 14.0. The van der Waals surface area contributed by atoms with Crippen LogP contribution in [0.1, 0.15) is 29.2 Å². The first-order chi connectivity index (χ1) is 13.9. The Morgan fingerprint density at radius 3 is 2.72 bits per heavy atom. The maximum Gasteiger partial charge on any atom is 0.237 e. The lowest BCUT2D eigenvalue weighted by Gasteiger charge is -2.34. The predicted molar refractivity (Wildman–Crippen MR) is 106 cm³/mol. The highest BCUT2D eigenvalue weighted by Gasteiger charge is 2.31. The summed E-state index contributed by atoms with van der Waals surface area (Å²) in [6.45, 7) is 5.53. The zero-order valence-corrected chi connectivity index (χ0v) is 16.7. The van der Waals surface area contributed by atoms with E-state index in [9.17, 15) is 14.0 Å². The van der Waals surface area contributed by atoms with E-state index in [1.165, 1.54) is 6.07 Å². The van der Waals surface area contributed by atoms with E-state index in [4.69, 9.17) is 0 Å². The average Bonchev–Trinajstić information content (AvgIpc) is 2.65. The predicted octanol–water partition coefficient (Wildman–Crippen LogP) is 1.28. The van der Waals surface area contributed by atoms with E-state index in [0.29, 0.717) is 37.4 Å². The van der Waals surface area contributed by atoms with Crippen molar-refractivity contribution in [3.05, 3.63) is 58.9 Å². The van der Waals surface area contributed by atoms with E-state index in [2.05, 4.69) is 20.6 Å². The maximum absolute atomic E-state index is 14.0. The van der Waals surface area contributed by atoms with Gasteiger partial charge in [0.15, 0.2) is 0 Å². The smallest absolute Gasteiger partial charge is 0.237 e. The van der Waals surface area contributed by atoms with Gasteiger partial charge in [-0.3, -0.25) is 14.5 Å². The number of rotatable bonds is 7. The van der Waals surface area contributed by atoms with Gasteiger partial charge >= 0.3 is 0 Å². The summed E-state index contributed by atoms with van der Waals surface area (Å²) in [7, 11) is 0. The van der Waals surface area contributed by atoms with E-state index in [0.717, 1.165) is 11.4 Å². The highest BCUT2D eigenvalue weighted by molar-refractivity contribution is 5.88. The van der Waals surface area contributed by atoms with Crippen molar-refractivity contribution in [1.82, 2.24) is 25.5 Å². The quantitative estimate of drug-likeness (QED) is 0.733. The van der Waals surface area contributed by atoms with Gasteiger partial charge in [-0.05, 0) is 26.0 Å². The Morgan fingerprint density at radius 2 is 2.00 bits per heavy atom. The SMILES string of the molecule is Cc1cc(C)nc(CCNC(=O)CC2C(=O)NCCN2Cc2ccccc2F)n1. The van der Waals surface area contributed by atoms with Crippen LogP contribution in [-0.2, 0) is 22.6 Å². The van der Waals surface area contributed by atoms with Crippen LogP contribution in [0.15, 0.2) is 30.3 Å². The van der Waals surface area contributed by atoms with Crippen LogP contribution in [0.4, 0.5) is 4.39 Å². The number of carbonyl (C=O) groups is 2. The first kappa shape index (κ1) is 20.9. The zero-order chi connectivity index (χ0) is 20.8. The van der Waals surface area contributed by atoms with Crippen molar-refractivity contribution >= 4 is 11.8 Å². The van der Waals surface area contributed by atoms with Crippen LogP contribution in [0.25, 0.3) is 0 Å². The Labute approximate surface area is 169 Å². The van der Waals surface area contributed by atoms with Crippen LogP contribution in [-0.4, -0.2) is 52.4 Å². The number of aryl methyl sites for hydroxylation is 2. The van der Waals surface area contributed by atoms with Gasteiger partial charge in [-0.1, -0.05) is 18.2 Å². The van der Waals surface area contributed by atoms with Crippen molar-refractivity contribution < 1.29 is 14.0 Å². The number of benzene rings is 1. The molecule has 154 valence electrons. The fraction of sp³-hybridized carbons (Fsp3) is 0.429. The second-order valence-electron chi connectivity index (χ2n) is 7.24. The molecule has 0 aliphatic carbocycles. The largest absolute Gasteiger partial charge is 0.356 e. The fourth-order valence-corrected chi connectivity index (χ4v) is 3.49. The number of nitrogens with one attached hydrogen (secondary N) is 2. The molecule has 2 amide bonds. The number of hydrogen-bond donors (Lipinski definition) is 2. The summed E-state index contributed by atoms with van der Waals surface area (Å²) in [5.74, 6) is -0.0649. The Bertz CT molecular complexity index is 869. The molecule has 1 saturated heterocycles. The number of hydrogen-bond acceptors (Lipinski definition) is 5. The molecule has 2 heterocycles. The second-order valence-corrected chi connectivity index (χ2v) is 7.24. The summed E-state index contributed by atoms with van der Waals surface area (Å²) in [5, 5.41) is 5.62. The molecule has 2 aromatic rings. The van der Waals surface area contributed by atoms with Crippen molar-refractivity contribution in [2.45, 2.75) is 39.3 Å². The molecule has 1 unspecified atom stereocenters. The van der Waals surface area contributed by atoms with Crippen LogP contribution >= 0.6 is 0 Å². The minimum absolute atomic E-state index is 0.0218. The minimum Gasteiger partial charge on any atom is -0.356 e. The highest BCUT2D eigenvalue weighted by Crippen LogP contribution is 2.16. The Morgan fingerprint density at radius 1 is 1.28 bits per heavy atom. The number of aromatic nitrogens is 2. The van der Waals surface area contributed by atoms with Gasteiger partial charge in [0.2, 0.25) is 11.8 Å². The van der Waals surface area contributed by atoms with Gasteiger partial charge in [-0.15, -0.1) is 0 Å². The zero-order valence-electron chi connectivity index (χ0n) is 16.7. The number of amides is 2. The lowest BCUT2D eigenvalue weighted by molar-refractivity contribution is -0.134. The van der Waals surface area contributed by atoms with Crippen LogP contribution in [0.2, 0.25) is 0 Å². The molecule has 1 aromatic carbocycles. The van der Waals surface area contributed by atoms with E-state index in [1.54, 1.807) is 18.2 Å². The monoisotopic (exact) mass is 399 g/mol. The first-order valence-electron chi connectivity index (χ1n) is 9.75. The lowest BCUT2D eigenvalue weighted by atomic mass is 10.1. The van der Waals surface area contributed by atoms with Gasteiger partial charge in [0.1, 0.15) is 11.6 Å². The summed E-state index contributed by atoms with van der Waals surface area (Å²) in [5.41, 5.74) is 2.29. The molecule has 3 rings (SSSR count). The summed E-state index contributed by atoms with van der Waals surface area (Å²) in [6, 6.07) is 7.76. The molecule has 1 fully saturated rings. The topological polar surface area (TPSA) is 87.2 Å². The third-order valence-corrected chi connectivity index (χ3v) is 4.85. The van der Waals surface area contributed by atoms with E-state index < -0.39 is 6.04 Å². The molecular weight excluding hydrogens is 373 g/mol. The molecule has 8 heteroatoms. The molecule has 0 spiro atoms. The Kier molecular flexibility index (Phi) is 6.87. The van der Waals surface area contributed by atoms with Crippen molar-refractivity contribution in [1.29, 1.82) is 0 Å². The summed E-state index contributed by atoms with van der Waals surface area (Å²) >= 11 is 0. The van der Waals surface area contributed by atoms with Crippen LogP contribution in [0.5, 0.6) is 0 Å². The molecular formula is C21H26FN5O2. The summed E-state index contributed by atoms with van der Waals surface area (Å²) in [4.78, 5) is 35.3. The molecule has 0 bridgehead atoms. The molecule has 1 aliphatic rings. The molecule has 1 atom stereocenters. The van der Waals surface area contributed by atoms with Gasteiger partial charge < -0.3 is 10.6 Å². The molecule has 29 heavy (non-hydrogen) atoms. The Hall–Kier alpha value is -2.87. The molecule has 1 aromatic heterocycles. The number of nitrogens with zero attached hydrogens (tertiary/aromatic N) is 3. The molecule has 2 N–H and O–H groups in total. The lowest BCUT2D eigenvalue weighted by Crippen LogP contribution is -2.56. The second kappa shape index (κ2) is 9.56. The molecule has 0 radical (unpaired) electrons. The first-order valence-corrected chi connectivity index (χ1v) is 9.75. The van der Waals surface area contributed by atoms with Crippen LogP contribution < -0.4 is 10.6 Å². The van der Waals surface area contributed by atoms with Crippen molar-refractivity contribution in [3.8, 4) is 0 Å². The minimum atomic E-state index is -0.624. The van der Waals surface area contributed by atoms with Crippen LogP contribution in [0, 0.1) is 19.7 Å². The van der Waals surface area contributed by atoms with Gasteiger partial charge in [0.25, 0.3) is 0 Å². The Balaban J connectivity index is 1.56. The van der Waals surface area contributed by atoms with Gasteiger partial charge in [-0.25, -0.2) is 14.4 Å². The number of halogens is 1. The molecule has 7 nitrogen and oxygen atoms in total. The highest BCUT2D eigenvalue weighted by atomic mass is 19.1. The normalized spacial score (nSPS) is 17.1. The number of carbonyl (C=O) groups excluding carboxylic acids is 2. The molecule has 1 aliphatic heterocycles. The average molecular weight is 399 g/mol. The van der Waals surface area contributed by atoms with Gasteiger partial charge in [-0.2, -0.15) is 0 Å². The third kappa shape index (κ3) is 5.80.